The third-order valence-corrected chi connectivity index (χ3v) is 4.32. The van der Waals surface area contributed by atoms with Crippen molar-refractivity contribution in [1.29, 1.82) is 0 Å². The molecule has 1 N–H and O–H groups in total. The Morgan fingerprint density at radius 1 is 1.08 bits per heavy atom. The van der Waals surface area contributed by atoms with E-state index < -0.39 is 6.10 Å². The highest BCUT2D eigenvalue weighted by Gasteiger charge is 2.13. The van der Waals surface area contributed by atoms with Gasteiger partial charge in [0.15, 0.2) is 0 Å². The largest absolute Gasteiger partial charge is 0.389 e. The molecule has 25 heavy (non-hydrogen) atoms. The van der Waals surface area contributed by atoms with Crippen molar-refractivity contribution in [2.24, 2.45) is 0 Å². The van der Waals surface area contributed by atoms with Crippen LogP contribution in [-0.4, -0.2) is 35.8 Å². The van der Waals surface area contributed by atoms with Crippen molar-refractivity contribution in [2.45, 2.75) is 46.4 Å². The van der Waals surface area contributed by atoms with Crippen molar-refractivity contribution in [1.82, 2.24) is 4.90 Å². The second-order valence-corrected chi connectivity index (χ2v) is 6.82. The fourth-order valence-electron chi connectivity index (χ4n) is 3.05. The van der Waals surface area contributed by atoms with Crippen LogP contribution in [-0.2, 0) is 17.9 Å². The SMILES string of the molecule is CCCN(Cc1ccc(C)cc1C)CC(O)COCc1ccccc1. The molecule has 2 rings (SSSR count). The molecule has 0 spiro atoms. The molecular weight excluding hydrogens is 310 g/mol. The van der Waals surface area contributed by atoms with Gasteiger partial charge in [-0.05, 0) is 43.5 Å². The Morgan fingerprint density at radius 2 is 1.84 bits per heavy atom. The summed E-state index contributed by atoms with van der Waals surface area (Å²) in [5.41, 5.74) is 5.07. The standard InChI is InChI=1S/C22H31NO2/c1-4-12-23(14-21-11-10-18(2)13-19(21)3)15-22(24)17-25-16-20-8-6-5-7-9-20/h5-11,13,22,24H,4,12,14-17H2,1-3H3. The number of nitrogens with zero attached hydrogens (tertiary/aromatic N) is 1. The second-order valence-electron chi connectivity index (χ2n) is 6.82. The first kappa shape index (κ1) is 19.6. The number of aliphatic hydroxyl groups excluding tert-OH is 1. The van der Waals surface area contributed by atoms with Gasteiger partial charge in [0.1, 0.15) is 0 Å². The first-order chi connectivity index (χ1) is 12.1. The molecular formula is C22H31NO2. The molecule has 0 aliphatic rings. The predicted octanol–water partition coefficient (Wildman–Crippen LogP) is 4.09. The quantitative estimate of drug-likeness (QED) is 0.706. The highest BCUT2D eigenvalue weighted by molar-refractivity contribution is 5.30. The molecule has 3 heteroatoms. The number of benzene rings is 2. The van der Waals surface area contributed by atoms with Crippen molar-refractivity contribution in [3.63, 3.8) is 0 Å². The summed E-state index contributed by atoms with van der Waals surface area (Å²) >= 11 is 0. The van der Waals surface area contributed by atoms with Crippen molar-refractivity contribution in [3.8, 4) is 0 Å². The van der Waals surface area contributed by atoms with Crippen LogP contribution in [0.1, 0.15) is 35.6 Å². The van der Waals surface area contributed by atoms with E-state index in [1.807, 2.05) is 30.3 Å². The van der Waals surface area contributed by atoms with Crippen LogP contribution in [0.25, 0.3) is 0 Å². The van der Waals surface area contributed by atoms with E-state index >= 15 is 0 Å². The first-order valence-corrected chi connectivity index (χ1v) is 9.16. The van der Waals surface area contributed by atoms with Crippen LogP contribution in [0.4, 0.5) is 0 Å². The molecule has 0 bridgehead atoms. The van der Waals surface area contributed by atoms with Crippen LogP contribution in [0.2, 0.25) is 0 Å². The summed E-state index contributed by atoms with van der Waals surface area (Å²) in [5.74, 6) is 0. The van der Waals surface area contributed by atoms with E-state index in [0.29, 0.717) is 19.8 Å². The minimum Gasteiger partial charge on any atom is -0.389 e. The van der Waals surface area contributed by atoms with E-state index in [1.165, 1.54) is 16.7 Å². The molecule has 0 aromatic heterocycles. The lowest BCUT2D eigenvalue weighted by molar-refractivity contribution is 0.00854. The monoisotopic (exact) mass is 341 g/mol. The Morgan fingerprint density at radius 3 is 2.52 bits per heavy atom. The van der Waals surface area contributed by atoms with E-state index in [-0.39, 0.29) is 0 Å². The number of hydrogen-bond donors (Lipinski definition) is 1. The minimum absolute atomic E-state index is 0.363. The van der Waals surface area contributed by atoms with Crippen LogP contribution >= 0.6 is 0 Å². The van der Waals surface area contributed by atoms with Crippen molar-refractivity contribution in [2.75, 3.05) is 19.7 Å². The average Bonchev–Trinajstić information content (AvgIpc) is 2.58. The van der Waals surface area contributed by atoms with Gasteiger partial charge in [-0.25, -0.2) is 0 Å². The Bertz CT molecular complexity index is 627. The van der Waals surface area contributed by atoms with E-state index in [4.69, 9.17) is 4.74 Å². The van der Waals surface area contributed by atoms with Gasteiger partial charge in [0.05, 0.1) is 19.3 Å². The zero-order valence-corrected chi connectivity index (χ0v) is 15.7. The summed E-state index contributed by atoms with van der Waals surface area (Å²) in [5, 5.41) is 10.3. The number of aryl methyl sites for hydroxylation is 2. The maximum atomic E-state index is 10.3. The minimum atomic E-state index is -0.471. The van der Waals surface area contributed by atoms with Gasteiger partial charge in [-0.15, -0.1) is 0 Å². The maximum Gasteiger partial charge on any atom is 0.0900 e. The molecule has 0 aliphatic heterocycles. The lowest BCUT2D eigenvalue weighted by Crippen LogP contribution is -2.35. The number of aliphatic hydroxyl groups is 1. The summed E-state index contributed by atoms with van der Waals surface area (Å²) in [7, 11) is 0. The number of hydrogen-bond acceptors (Lipinski definition) is 3. The van der Waals surface area contributed by atoms with Crippen LogP contribution in [0.15, 0.2) is 48.5 Å². The molecule has 0 saturated heterocycles. The number of rotatable bonds is 10. The van der Waals surface area contributed by atoms with Crippen LogP contribution in [0.3, 0.4) is 0 Å². The van der Waals surface area contributed by atoms with E-state index in [9.17, 15) is 5.11 Å². The van der Waals surface area contributed by atoms with Crippen LogP contribution in [0, 0.1) is 13.8 Å². The molecule has 0 heterocycles. The molecule has 2 aromatic carbocycles. The van der Waals surface area contributed by atoms with Crippen LogP contribution in [0.5, 0.6) is 0 Å². The van der Waals surface area contributed by atoms with Crippen molar-refractivity contribution >= 4 is 0 Å². The van der Waals surface area contributed by atoms with Gasteiger partial charge in [-0.2, -0.15) is 0 Å². The predicted molar refractivity (Wildman–Crippen MR) is 104 cm³/mol. The molecule has 136 valence electrons. The fourth-order valence-corrected chi connectivity index (χ4v) is 3.05. The fraction of sp³-hybridized carbons (Fsp3) is 0.455. The highest BCUT2D eigenvalue weighted by Crippen LogP contribution is 2.14. The summed E-state index contributed by atoms with van der Waals surface area (Å²) in [6.07, 6.45) is 0.601. The number of ether oxygens (including phenoxy) is 1. The van der Waals surface area contributed by atoms with Gasteiger partial charge in [0.2, 0.25) is 0 Å². The Kier molecular flexibility index (Phi) is 8.13. The van der Waals surface area contributed by atoms with Gasteiger partial charge < -0.3 is 9.84 Å². The van der Waals surface area contributed by atoms with Crippen LogP contribution < -0.4 is 0 Å². The zero-order chi connectivity index (χ0) is 18.1. The summed E-state index contributed by atoms with van der Waals surface area (Å²) in [6.45, 7) is 9.84. The first-order valence-electron chi connectivity index (χ1n) is 9.16. The Hall–Kier alpha value is -1.68. The molecule has 1 atom stereocenters. The molecule has 0 saturated carbocycles. The summed E-state index contributed by atoms with van der Waals surface area (Å²) in [4.78, 5) is 2.31. The summed E-state index contributed by atoms with van der Waals surface area (Å²) in [6, 6.07) is 16.7. The van der Waals surface area contributed by atoms with E-state index in [2.05, 4.69) is 43.9 Å². The molecule has 0 aliphatic carbocycles. The lowest BCUT2D eigenvalue weighted by atomic mass is 10.1. The molecule has 0 radical (unpaired) electrons. The second kappa shape index (κ2) is 10.3. The molecule has 2 aromatic rings. The summed E-state index contributed by atoms with van der Waals surface area (Å²) < 4.78 is 5.67. The normalized spacial score (nSPS) is 12.5. The smallest absolute Gasteiger partial charge is 0.0900 e. The van der Waals surface area contributed by atoms with Gasteiger partial charge in [-0.1, -0.05) is 61.0 Å². The third kappa shape index (κ3) is 6.99. The van der Waals surface area contributed by atoms with Gasteiger partial charge >= 0.3 is 0 Å². The van der Waals surface area contributed by atoms with Gasteiger partial charge in [0, 0.05) is 13.1 Å². The average molecular weight is 341 g/mol. The Balaban J connectivity index is 1.82. The lowest BCUT2D eigenvalue weighted by Gasteiger charge is -2.25. The molecule has 0 amide bonds. The maximum absolute atomic E-state index is 10.3. The third-order valence-electron chi connectivity index (χ3n) is 4.32. The van der Waals surface area contributed by atoms with Gasteiger partial charge in [0.25, 0.3) is 0 Å². The topological polar surface area (TPSA) is 32.7 Å². The highest BCUT2D eigenvalue weighted by atomic mass is 16.5. The molecule has 0 fully saturated rings. The Labute approximate surface area is 152 Å². The van der Waals surface area contributed by atoms with Crippen molar-refractivity contribution < 1.29 is 9.84 Å². The van der Waals surface area contributed by atoms with Crippen molar-refractivity contribution in [3.05, 3.63) is 70.8 Å². The zero-order valence-electron chi connectivity index (χ0n) is 15.7. The van der Waals surface area contributed by atoms with Gasteiger partial charge in [-0.3, -0.25) is 4.90 Å². The van der Waals surface area contributed by atoms with E-state index in [1.54, 1.807) is 0 Å². The molecule has 1 unspecified atom stereocenters. The molecule has 3 nitrogen and oxygen atoms in total. The van der Waals surface area contributed by atoms with E-state index in [0.717, 1.165) is 25.1 Å².